The lowest BCUT2D eigenvalue weighted by atomic mass is 9.54. The Morgan fingerprint density at radius 3 is 2.20 bits per heavy atom. The number of aryl methyl sites for hydroxylation is 1. The van der Waals surface area contributed by atoms with E-state index in [2.05, 4.69) is 21.9 Å². The van der Waals surface area contributed by atoms with Crippen LogP contribution < -0.4 is 10.6 Å². The molecule has 4 aliphatic carbocycles. The molecule has 4 bridgehead atoms. The largest absolute Gasteiger partial charge is 0.384 e. The van der Waals surface area contributed by atoms with Gasteiger partial charge in [0.2, 0.25) is 5.95 Å². The molecule has 1 heterocycles. The zero-order chi connectivity index (χ0) is 13.9. The summed E-state index contributed by atoms with van der Waals surface area (Å²) >= 11 is 0. The maximum Gasteiger partial charge on any atom is 0.227 e. The lowest BCUT2D eigenvalue weighted by Crippen LogP contribution is -2.55. The van der Waals surface area contributed by atoms with Crippen LogP contribution >= 0.6 is 0 Å². The first-order valence-electron chi connectivity index (χ1n) is 7.94. The van der Waals surface area contributed by atoms with Gasteiger partial charge in [-0.05, 0) is 62.7 Å². The molecule has 4 heteroatoms. The highest BCUT2D eigenvalue weighted by Crippen LogP contribution is 2.55. The van der Waals surface area contributed by atoms with Crippen LogP contribution in [0.1, 0.15) is 37.8 Å². The molecular weight excluding hydrogens is 248 g/mol. The molecule has 0 atom stereocenters. The maximum atomic E-state index is 5.89. The summed E-state index contributed by atoms with van der Waals surface area (Å²) in [5, 5.41) is 0. The molecule has 0 aromatic carbocycles. The summed E-state index contributed by atoms with van der Waals surface area (Å²) in [6.07, 6.45) is 7.18. The quantitative estimate of drug-likeness (QED) is 0.899. The van der Waals surface area contributed by atoms with Crippen molar-refractivity contribution in [2.75, 3.05) is 17.7 Å². The van der Waals surface area contributed by atoms with E-state index in [-0.39, 0.29) is 0 Å². The van der Waals surface area contributed by atoms with E-state index < -0.39 is 0 Å². The van der Waals surface area contributed by atoms with Crippen molar-refractivity contribution in [2.45, 2.75) is 45.1 Å². The predicted octanol–water partition coefficient (Wildman–Crippen LogP) is 2.63. The second kappa shape index (κ2) is 4.34. The van der Waals surface area contributed by atoms with Crippen molar-refractivity contribution < 1.29 is 0 Å². The van der Waals surface area contributed by atoms with Crippen LogP contribution in [0.25, 0.3) is 0 Å². The molecule has 0 saturated heterocycles. The molecular formula is C16H24N4. The molecule has 20 heavy (non-hydrogen) atoms. The number of nitrogen functional groups attached to an aromatic ring is 1. The summed E-state index contributed by atoms with van der Waals surface area (Å²) in [7, 11) is 2.17. The molecule has 0 unspecified atom stereocenters. The van der Waals surface area contributed by atoms with Crippen LogP contribution in [0.5, 0.6) is 0 Å². The Balaban J connectivity index is 1.63. The smallest absolute Gasteiger partial charge is 0.227 e. The third-order valence-electron chi connectivity index (χ3n) is 5.80. The standard InChI is InChI=1S/C16H24N4/c1-9-3-14(17)19-16(18-9)20(2)15-12-5-10-4-11(7-12)8-13(15)6-10/h3,10-13,15H,4-8H2,1-2H3,(H2,17,18,19). The SMILES string of the molecule is Cc1cc(N)nc(N(C)C2C3CC4CC(C3)CC2C4)n1. The average Bonchev–Trinajstić information content (AvgIpc) is 2.35. The van der Waals surface area contributed by atoms with Gasteiger partial charge in [0.15, 0.2) is 0 Å². The summed E-state index contributed by atoms with van der Waals surface area (Å²) in [6, 6.07) is 2.47. The summed E-state index contributed by atoms with van der Waals surface area (Å²) in [5.74, 6) is 5.11. The number of nitrogens with two attached hydrogens (primary N) is 1. The van der Waals surface area contributed by atoms with E-state index in [1.54, 1.807) is 0 Å². The molecule has 4 saturated carbocycles. The molecule has 0 spiro atoms. The first kappa shape index (κ1) is 12.4. The Labute approximate surface area is 120 Å². The van der Waals surface area contributed by atoms with Gasteiger partial charge >= 0.3 is 0 Å². The van der Waals surface area contributed by atoms with Crippen LogP contribution in [-0.4, -0.2) is 23.1 Å². The zero-order valence-electron chi connectivity index (χ0n) is 12.4. The van der Waals surface area contributed by atoms with Crippen LogP contribution in [0.4, 0.5) is 11.8 Å². The summed E-state index contributed by atoms with van der Waals surface area (Å²) in [4.78, 5) is 11.4. The third-order valence-corrected chi connectivity index (χ3v) is 5.80. The highest BCUT2D eigenvalue weighted by atomic mass is 15.3. The number of aromatic nitrogens is 2. The monoisotopic (exact) mass is 272 g/mol. The van der Waals surface area contributed by atoms with E-state index >= 15 is 0 Å². The van der Waals surface area contributed by atoms with Gasteiger partial charge in [0.25, 0.3) is 0 Å². The number of hydrogen-bond donors (Lipinski definition) is 1. The first-order valence-corrected chi connectivity index (χ1v) is 7.94. The van der Waals surface area contributed by atoms with Gasteiger partial charge in [0.1, 0.15) is 5.82 Å². The van der Waals surface area contributed by atoms with Crippen molar-refractivity contribution in [2.24, 2.45) is 23.7 Å². The fraction of sp³-hybridized carbons (Fsp3) is 0.750. The number of hydrogen-bond acceptors (Lipinski definition) is 4. The van der Waals surface area contributed by atoms with E-state index in [1.165, 1.54) is 32.1 Å². The minimum atomic E-state index is 0.586. The number of anilines is 2. The lowest BCUT2D eigenvalue weighted by molar-refractivity contribution is -0.00164. The molecule has 0 aliphatic heterocycles. The van der Waals surface area contributed by atoms with E-state index in [4.69, 9.17) is 5.73 Å². The first-order chi connectivity index (χ1) is 9.60. The minimum Gasteiger partial charge on any atom is -0.384 e. The van der Waals surface area contributed by atoms with Crippen LogP contribution in [-0.2, 0) is 0 Å². The van der Waals surface area contributed by atoms with Crippen molar-refractivity contribution in [3.8, 4) is 0 Å². The number of nitrogens with zero attached hydrogens (tertiary/aromatic N) is 3. The highest BCUT2D eigenvalue weighted by Gasteiger charge is 2.49. The van der Waals surface area contributed by atoms with Crippen LogP contribution in [0, 0.1) is 30.6 Å². The third kappa shape index (κ3) is 1.88. The fourth-order valence-electron chi connectivity index (χ4n) is 5.40. The summed E-state index contributed by atoms with van der Waals surface area (Å²) < 4.78 is 0. The Morgan fingerprint density at radius 2 is 1.65 bits per heavy atom. The van der Waals surface area contributed by atoms with Gasteiger partial charge in [-0.25, -0.2) is 4.98 Å². The minimum absolute atomic E-state index is 0.586. The molecule has 108 valence electrons. The van der Waals surface area contributed by atoms with Crippen LogP contribution in [0.2, 0.25) is 0 Å². The molecule has 0 radical (unpaired) electrons. The topological polar surface area (TPSA) is 55.0 Å². The molecule has 1 aromatic rings. The zero-order valence-corrected chi connectivity index (χ0v) is 12.4. The van der Waals surface area contributed by atoms with Gasteiger partial charge in [0, 0.05) is 24.8 Å². The van der Waals surface area contributed by atoms with E-state index in [9.17, 15) is 0 Å². The van der Waals surface area contributed by atoms with E-state index in [0.717, 1.165) is 35.3 Å². The van der Waals surface area contributed by atoms with Crippen LogP contribution in [0.15, 0.2) is 6.07 Å². The van der Waals surface area contributed by atoms with Crippen molar-refractivity contribution in [3.63, 3.8) is 0 Å². The van der Waals surface area contributed by atoms with Crippen LogP contribution in [0.3, 0.4) is 0 Å². The highest BCUT2D eigenvalue weighted by molar-refractivity contribution is 5.41. The van der Waals surface area contributed by atoms with E-state index in [1.807, 2.05) is 13.0 Å². The van der Waals surface area contributed by atoms with Gasteiger partial charge in [-0.15, -0.1) is 0 Å². The Morgan fingerprint density at radius 1 is 1.05 bits per heavy atom. The second-order valence-corrected chi connectivity index (χ2v) is 7.27. The molecule has 0 amide bonds. The molecule has 1 aromatic heterocycles. The molecule has 4 fully saturated rings. The summed E-state index contributed by atoms with van der Waals surface area (Å²) in [6.45, 7) is 1.99. The predicted molar refractivity (Wildman–Crippen MR) is 80.4 cm³/mol. The normalized spacial score (nSPS) is 38.2. The van der Waals surface area contributed by atoms with E-state index in [0.29, 0.717) is 11.9 Å². The van der Waals surface area contributed by atoms with Crippen molar-refractivity contribution in [1.29, 1.82) is 0 Å². The van der Waals surface area contributed by atoms with Crippen molar-refractivity contribution in [1.82, 2.24) is 9.97 Å². The summed E-state index contributed by atoms with van der Waals surface area (Å²) in [5.41, 5.74) is 6.86. The van der Waals surface area contributed by atoms with Crippen molar-refractivity contribution >= 4 is 11.8 Å². The van der Waals surface area contributed by atoms with Gasteiger partial charge < -0.3 is 10.6 Å². The lowest BCUT2D eigenvalue weighted by Gasteiger charge is -2.56. The number of rotatable bonds is 2. The van der Waals surface area contributed by atoms with Gasteiger partial charge in [0.05, 0.1) is 0 Å². The Hall–Kier alpha value is -1.32. The second-order valence-electron chi connectivity index (χ2n) is 7.27. The average molecular weight is 272 g/mol. The fourth-order valence-corrected chi connectivity index (χ4v) is 5.40. The maximum absolute atomic E-state index is 5.89. The van der Waals surface area contributed by atoms with Gasteiger partial charge in [-0.2, -0.15) is 4.98 Å². The van der Waals surface area contributed by atoms with Gasteiger partial charge in [-0.3, -0.25) is 0 Å². The molecule has 2 N–H and O–H groups in total. The molecule has 4 aliphatic rings. The molecule has 5 rings (SSSR count). The Kier molecular flexibility index (Phi) is 2.69. The molecule has 4 nitrogen and oxygen atoms in total. The van der Waals surface area contributed by atoms with Crippen molar-refractivity contribution in [3.05, 3.63) is 11.8 Å². The Bertz CT molecular complexity index is 479. The van der Waals surface area contributed by atoms with Gasteiger partial charge in [-0.1, -0.05) is 0 Å².